The highest BCUT2D eigenvalue weighted by atomic mass is 79.9. The monoisotopic (exact) mass is 449 g/mol. The normalized spacial score (nSPS) is 11.0. The molecule has 1 heterocycles. The van der Waals surface area contributed by atoms with E-state index < -0.39 is 0 Å². The second kappa shape index (κ2) is 8.96. The molecule has 0 aliphatic heterocycles. The summed E-state index contributed by atoms with van der Waals surface area (Å²) >= 11 is 4.98. The van der Waals surface area contributed by atoms with E-state index >= 15 is 0 Å². The summed E-state index contributed by atoms with van der Waals surface area (Å²) in [5.41, 5.74) is 5.39. The molecule has 0 aliphatic rings. The molecule has 3 rings (SSSR count). The quantitative estimate of drug-likeness (QED) is 0.388. The molecule has 0 aliphatic carbocycles. The van der Waals surface area contributed by atoms with Crippen LogP contribution >= 0.6 is 27.3 Å². The highest BCUT2D eigenvalue weighted by molar-refractivity contribution is 9.10. The maximum Gasteiger partial charge on any atom is 0.203 e. The summed E-state index contributed by atoms with van der Waals surface area (Å²) in [7, 11) is 1.56. The SMILES string of the molecule is COc1cc(C=NNc2nc(C)cs2)cc(Br)c1OCc1cccc(F)c1. The van der Waals surface area contributed by atoms with Gasteiger partial charge in [0.1, 0.15) is 12.4 Å². The van der Waals surface area contributed by atoms with Crippen molar-refractivity contribution in [3.63, 3.8) is 0 Å². The van der Waals surface area contributed by atoms with Crippen LogP contribution in [0.3, 0.4) is 0 Å². The van der Waals surface area contributed by atoms with E-state index in [0.29, 0.717) is 16.0 Å². The van der Waals surface area contributed by atoms with E-state index in [1.54, 1.807) is 25.5 Å². The van der Waals surface area contributed by atoms with Crippen LogP contribution in [0.25, 0.3) is 0 Å². The van der Waals surface area contributed by atoms with Gasteiger partial charge in [-0.05, 0) is 58.2 Å². The lowest BCUT2D eigenvalue weighted by Gasteiger charge is -2.13. The second-order valence-electron chi connectivity index (χ2n) is 5.62. The summed E-state index contributed by atoms with van der Waals surface area (Å²) in [6, 6.07) is 9.96. The van der Waals surface area contributed by atoms with Crippen LogP contribution in [-0.2, 0) is 6.61 Å². The number of anilines is 1. The van der Waals surface area contributed by atoms with Crippen LogP contribution in [-0.4, -0.2) is 18.3 Å². The molecule has 0 radical (unpaired) electrons. The third-order valence-electron chi connectivity index (χ3n) is 3.52. The first-order valence-electron chi connectivity index (χ1n) is 8.01. The van der Waals surface area contributed by atoms with Crippen molar-refractivity contribution < 1.29 is 13.9 Å². The Morgan fingerprint density at radius 1 is 1.33 bits per heavy atom. The summed E-state index contributed by atoms with van der Waals surface area (Å²) in [5.74, 6) is 0.798. The molecule has 0 bridgehead atoms. The van der Waals surface area contributed by atoms with Gasteiger partial charge in [0, 0.05) is 5.38 Å². The van der Waals surface area contributed by atoms with E-state index in [2.05, 4.69) is 31.4 Å². The fourth-order valence-corrected chi connectivity index (χ4v) is 3.52. The average Bonchev–Trinajstić information content (AvgIpc) is 3.05. The fourth-order valence-electron chi connectivity index (χ4n) is 2.30. The molecule has 0 saturated carbocycles. The molecule has 0 atom stereocenters. The molecule has 0 fully saturated rings. The van der Waals surface area contributed by atoms with Gasteiger partial charge < -0.3 is 9.47 Å². The predicted octanol–water partition coefficient (Wildman–Crippen LogP) is 5.39. The number of thiazole rings is 1. The smallest absolute Gasteiger partial charge is 0.203 e. The Kier molecular flexibility index (Phi) is 6.41. The number of hydrogen-bond donors (Lipinski definition) is 1. The highest BCUT2D eigenvalue weighted by Gasteiger charge is 2.12. The zero-order valence-corrected chi connectivity index (χ0v) is 17.1. The number of hydrazone groups is 1. The molecule has 8 heteroatoms. The Labute approximate surface area is 169 Å². The van der Waals surface area contributed by atoms with Gasteiger partial charge in [-0.25, -0.2) is 9.37 Å². The summed E-state index contributed by atoms with van der Waals surface area (Å²) in [6.45, 7) is 2.15. The number of ether oxygens (including phenoxy) is 2. The minimum Gasteiger partial charge on any atom is -0.493 e. The van der Waals surface area contributed by atoms with E-state index in [4.69, 9.17) is 9.47 Å². The zero-order chi connectivity index (χ0) is 19.2. The molecule has 0 saturated heterocycles. The molecular weight excluding hydrogens is 433 g/mol. The first-order chi connectivity index (χ1) is 13.0. The second-order valence-corrected chi connectivity index (χ2v) is 7.33. The third kappa shape index (κ3) is 5.27. The number of rotatable bonds is 7. The Hall–Kier alpha value is -2.45. The standard InChI is InChI=1S/C19H17BrFN3O2S/c1-12-11-27-19(23-12)24-22-9-14-7-16(20)18(17(8-14)25-2)26-10-13-4-3-5-15(21)6-13/h3-9,11H,10H2,1-2H3,(H,23,24). The number of nitrogens with zero attached hydrogens (tertiary/aromatic N) is 2. The van der Waals surface area contributed by atoms with Crippen LogP contribution in [0, 0.1) is 12.7 Å². The van der Waals surface area contributed by atoms with E-state index in [1.807, 2.05) is 24.4 Å². The summed E-state index contributed by atoms with van der Waals surface area (Å²) in [6.07, 6.45) is 1.67. The summed E-state index contributed by atoms with van der Waals surface area (Å²) in [5, 5.41) is 6.86. The van der Waals surface area contributed by atoms with Crippen LogP contribution < -0.4 is 14.9 Å². The Balaban J connectivity index is 1.72. The fraction of sp³-hybridized carbons (Fsp3) is 0.158. The van der Waals surface area contributed by atoms with Gasteiger partial charge in [0.15, 0.2) is 11.5 Å². The zero-order valence-electron chi connectivity index (χ0n) is 14.7. The van der Waals surface area contributed by atoms with E-state index in [0.717, 1.165) is 22.0 Å². The van der Waals surface area contributed by atoms with Crippen LogP contribution in [0.4, 0.5) is 9.52 Å². The molecule has 0 amide bonds. The minimum absolute atomic E-state index is 0.227. The molecule has 140 valence electrons. The van der Waals surface area contributed by atoms with Crippen molar-refractivity contribution >= 4 is 38.6 Å². The number of aromatic nitrogens is 1. The predicted molar refractivity (Wildman–Crippen MR) is 109 cm³/mol. The maximum atomic E-state index is 13.3. The van der Waals surface area contributed by atoms with Crippen molar-refractivity contribution in [2.45, 2.75) is 13.5 Å². The topological polar surface area (TPSA) is 55.7 Å². The van der Waals surface area contributed by atoms with Gasteiger partial charge in [0.2, 0.25) is 5.13 Å². The Bertz CT molecular complexity index is 962. The third-order valence-corrected chi connectivity index (χ3v) is 4.97. The van der Waals surface area contributed by atoms with Gasteiger partial charge in [-0.3, -0.25) is 5.43 Å². The first kappa shape index (κ1) is 19.3. The average molecular weight is 450 g/mol. The van der Waals surface area contributed by atoms with Crippen LogP contribution in [0.5, 0.6) is 11.5 Å². The lowest BCUT2D eigenvalue weighted by atomic mass is 10.2. The van der Waals surface area contributed by atoms with Gasteiger partial charge in [-0.2, -0.15) is 5.10 Å². The number of hydrogen-bond acceptors (Lipinski definition) is 6. The molecule has 2 aromatic carbocycles. The van der Waals surface area contributed by atoms with Gasteiger partial charge in [0.05, 0.1) is 23.5 Å². The van der Waals surface area contributed by atoms with Gasteiger partial charge in [-0.1, -0.05) is 12.1 Å². The van der Waals surface area contributed by atoms with Crippen molar-refractivity contribution in [2.75, 3.05) is 12.5 Å². The molecule has 5 nitrogen and oxygen atoms in total. The Morgan fingerprint density at radius 3 is 2.89 bits per heavy atom. The minimum atomic E-state index is -0.295. The molecule has 27 heavy (non-hydrogen) atoms. The van der Waals surface area contributed by atoms with Crippen molar-refractivity contribution in [1.29, 1.82) is 0 Å². The molecule has 1 N–H and O–H groups in total. The summed E-state index contributed by atoms with van der Waals surface area (Å²) in [4.78, 5) is 4.28. The van der Waals surface area contributed by atoms with E-state index in [-0.39, 0.29) is 12.4 Å². The Morgan fingerprint density at radius 2 is 2.19 bits per heavy atom. The molecular formula is C19H17BrFN3O2S. The number of benzene rings is 2. The molecule has 1 aromatic heterocycles. The van der Waals surface area contributed by atoms with Gasteiger partial charge >= 0.3 is 0 Å². The molecule has 3 aromatic rings. The maximum absolute atomic E-state index is 13.3. The molecule has 0 unspecified atom stereocenters. The highest BCUT2D eigenvalue weighted by Crippen LogP contribution is 2.36. The largest absolute Gasteiger partial charge is 0.493 e. The van der Waals surface area contributed by atoms with Crippen molar-refractivity contribution in [3.05, 3.63) is 68.9 Å². The summed E-state index contributed by atoms with van der Waals surface area (Å²) < 4.78 is 25.3. The van der Waals surface area contributed by atoms with Crippen molar-refractivity contribution in [2.24, 2.45) is 5.10 Å². The van der Waals surface area contributed by atoms with Crippen molar-refractivity contribution in [3.8, 4) is 11.5 Å². The number of nitrogens with one attached hydrogen (secondary N) is 1. The molecule has 0 spiro atoms. The number of methoxy groups -OCH3 is 1. The van der Waals surface area contributed by atoms with E-state index in [9.17, 15) is 4.39 Å². The first-order valence-corrected chi connectivity index (χ1v) is 9.68. The van der Waals surface area contributed by atoms with Gasteiger partial charge in [-0.15, -0.1) is 11.3 Å². The van der Waals surface area contributed by atoms with Crippen molar-refractivity contribution in [1.82, 2.24) is 4.98 Å². The lowest BCUT2D eigenvalue weighted by molar-refractivity contribution is 0.282. The van der Waals surface area contributed by atoms with Crippen LogP contribution in [0.1, 0.15) is 16.8 Å². The van der Waals surface area contributed by atoms with Crippen LogP contribution in [0.15, 0.2) is 51.4 Å². The number of aryl methyl sites for hydroxylation is 1. The van der Waals surface area contributed by atoms with E-state index in [1.165, 1.54) is 23.5 Å². The van der Waals surface area contributed by atoms with Gasteiger partial charge in [0.25, 0.3) is 0 Å². The van der Waals surface area contributed by atoms with Crippen LogP contribution in [0.2, 0.25) is 0 Å². The number of halogens is 2. The lowest BCUT2D eigenvalue weighted by Crippen LogP contribution is -2.00.